The van der Waals surface area contributed by atoms with Crippen LogP contribution >= 0.6 is 11.3 Å². The fourth-order valence-electron chi connectivity index (χ4n) is 2.90. The van der Waals surface area contributed by atoms with E-state index in [9.17, 15) is 4.79 Å². The molecule has 8 heteroatoms. The molecule has 0 aliphatic rings. The number of carbonyl (C=O) groups excluding carboxylic acids is 1. The summed E-state index contributed by atoms with van der Waals surface area (Å²) in [6.07, 6.45) is 3.62. The Bertz CT molecular complexity index is 998. The molecule has 0 aliphatic heterocycles. The predicted octanol–water partition coefficient (Wildman–Crippen LogP) is 3.06. The molecule has 144 valence electrons. The summed E-state index contributed by atoms with van der Waals surface area (Å²) in [6.45, 7) is 10.3. The van der Waals surface area contributed by atoms with Crippen molar-refractivity contribution in [1.29, 1.82) is 0 Å². The van der Waals surface area contributed by atoms with Crippen LogP contribution in [-0.2, 0) is 11.8 Å². The van der Waals surface area contributed by atoms with Gasteiger partial charge in [0.15, 0.2) is 5.82 Å². The van der Waals surface area contributed by atoms with Gasteiger partial charge in [-0.2, -0.15) is 0 Å². The Morgan fingerprint density at radius 2 is 2.00 bits per heavy atom. The highest BCUT2D eigenvalue weighted by Gasteiger charge is 2.21. The summed E-state index contributed by atoms with van der Waals surface area (Å²) in [6, 6.07) is 0. The summed E-state index contributed by atoms with van der Waals surface area (Å²) in [5.41, 5.74) is 1.60. The lowest BCUT2D eigenvalue weighted by Gasteiger charge is -2.24. The van der Waals surface area contributed by atoms with Crippen molar-refractivity contribution in [3.05, 3.63) is 23.0 Å². The first kappa shape index (κ1) is 19.3. The summed E-state index contributed by atoms with van der Waals surface area (Å²) in [7, 11) is 3.80. The van der Waals surface area contributed by atoms with Crippen LogP contribution in [0, 0.1) is 13.8 Å². The molecule has 3 aromatic rings. The zero-order valence-corrected chi connectivity index (χ0v) is 17.7. The van der Waals surface area contributed by atoms with Gasteiger partial charge in [0.25, 0.3) is 0 Å². The van der Waals surface area contributed by atoms with Crippen LogP contribution < -0.4 is 10.2 Å². The predicted molar refractivity (Wildman–Crippen MR) is 110 cm³/mol. The molecular formula is C19H26N6OS. The second-order valence-corrected chi connectivity index (χ2v) is 9.12. The van der Waals surface area contributed by atoms with Gasteiger partial charge in [-0.1, -0.05) is 0 Å². The van der Waals surface area contributed by atoms with Crippen molar-refractivity contribution in [2.75, 3.05) is 18.5 Å². The number of carbonyl (C=O) groups is 1. The van der Waals surface area contributed by atoms with Gasteiger partial charge in [0, 0.05) is 30.7 Å². The number of amides is 1. The monoisotopic (exact) mass is 386 g/mol. The maximum Gasteiger partial charge on any atom is 0.239 e. The van der Waals surface area contributed by atoms with Crippen molar-refractivity contribution in [2.45, 2.75) is 40.2 Å². The van der Waals surface area contributed by atoms with Gasteiger partial charge in [0.2, 0.25) is 5.91 Å². The Hall–Kier alpha value is -2.48. The van der Waals surface area contributed by atoms with Crippen molar-refractivity contribution in [2.24, 2.45) is 7.05 Å². The van der Waals surface area contributed by atoms with E-state index in [4.69, 9.17) is 9.97 Å². The summed E-state index contributed by atoms with van der Waals surface area (Å²) in [4.78, 5) is 30.3. The SMILES string of the molecule is Cc1sc2nc(-c3cn(C)cn3)nc(N(C)CC(=O)NC(C)(C)C)c2c1C. The van der Waals surface area contributed by atoms with Gasteiger partial charge in [-0.15, -0.1) is 11.3 Å². The summed E-state index contributed by atoms with van der Waals surface area (Å²) < 4.78 is 1.87. The Labute approximate surface area is 163 Å². The minimum atomic E-state index is -0.271. The average molecular weight is 387 g/mol. The van der Waals surface area contributed by atoms with Crippen LogP contribution in [0.15, 0.2) is 12.5 Å². The third-order valence-corrected chi connectivity index (χ3v) is 5.30. The molecule has 3 aromatic heterocycles. The van der Waals surface area contributed by atoms with Crippen LogP contribution in [0.5, 0.6) is 0 Å². The molecule has 0 aromatic carbocycles. The van der Waals surface area contributed by atoms with E-state index in [-0.39, 0.29) is 18.0 Å². The number of hydrogen-bond donors (Lipinski definition) is 1. The van der Waals surface area contributed by atoms with E-state index >= 15 is 0 Å². The standard InChI is InChI=1S/C19H26N6OS/c1-11-12(2)27-18-15(11)17(25(7)9-14(26)23-19(3,4)5)21-16(22-18)13-8-24(6)10-20-13/h8,10H,9H2,1-7H3,(H,23,26). The number of rotatable bonds is 4. The zero-order valence-electron chi connectivity index (χ0n) is 16.9. The van der Waals surface area contributed by atoms with Crippen molar-refractivity contribution < 1.29 is 4.79 Å². The maximum absolute atomic E-state index is 12.4. The number of hydrogen-bond acceptors (Lipinski definition) is 6. The van der Waals surface area contributed by atoms with Crippen LogP contribution in [-0.4, -0.2) is 44.6 Å². The van der Waals surface area contributed by atoms with Gasteiger partial charge in [0.05, 0.1) is 18.3 Å². The fourth-order valence-corrected chi connectivity index (χ4v) is 3.92. The van der Waals surface area contributed by atoms with E-state index in [0.717, 1.165) is 27.3 Å². The van der Waals surface area contributed by atoms with Crippen LogP contribution in [0.25, 0.3) is 21.7 Å². The smallest absolute Gasteiger partial charge is 0.239 e. The number of aryl methyl sites for hydroxylation is 3. The van der Waals surface area contributed by atoms with Gasteiger partial charge < -0.3 is 14.8 Å². The molecule has 3 rings (SSSR count). The number of likely N-dealkylation sites (N-methyl/N-ethyl adjacent to an activating group) is 1. The molecule has 0 spiro atoms. The van der Waals surface area contributed by atoms with E-state index in [2.05, 4.69) is 24.1 Å². The first-order valence-corrected chi connectivity index (χ1v) is 9.65. The molecule has 27 heavy (non-hydrogen) atoms. The molecule has 0 saturated carbocycles. The summed E-state index contributed by atoms with van der Waals surface area (Å²) >= 11 is 1.64. The Balaban J connectivity index is 2.05. The number of imidazole rings is 1. The normalized spacial score (nSPS) is 11.8. The van der Waals surface area contributed by atoms with E-state index in [0.29, 0.717) is 5.82 Å². The second kappa shape index (κ2) is 6.92. The minimum absolute atomic E-state index is 0.0410. The molecule has 0 fully saturated rings. The first-order valence-electron chi connectivity index (χ1n) is 8.83. The molecule has 0 atom stereocenters. The molecule has 1 N–H and O–H groups in total. The summed E-state index contributed by atoms with van der Waals surface area (Å²) in [5.74, 6) is 1.29. The Kier molecular flexibility index (Phi) is 4.94. The zero-order chi connectivity index (χ0) is 19.9. The van der Waals surface area contributed by atoms with E-state index in [1.54, 1.807) is 17.7 Å². The molecule has 0 bridgehead atoms. The highest BCUT2D eigenvalue weighted by Crippen LogP contribution is 2.36. The highest BCUT2D eigenvalue weighted by molar-refractivity contribution is 7.18. The minimum Gasteiger partial charge on any atom is -0.350 e. The highest BCUT2D eigenvalue weighted by atomic mass is 32.1. The number of aromatic nitrogens is 4. The number of nitrogens with one attached hydrogen (secondary N) is 1. The number of fused-ring (bicyclic) bond motifs is 1. The van der Waals surface area contributed by atoms with Gasteiger partial charge in [0.1, 0.15) is 16.3 Å². The van der Waals surface area contributed by atoms with Gasteiger partial charge in [-0.3, -0.25) is 4.79 Å². The molecule has 0 radical (unpaired) electrons. The largest absolute Gasteiger partial charge is 0.350 e. The lowest BCUT2D eigenvalue weighted by Crippen LogP contribution is -2.45. The fraction of sp³-hybridized carbons (Fsp3) is 0.474. The molecule has 7 nitrogen and oxygen atoms in total. The molecule has 1 amide bonds. The van der Waals surface area contributed by atoms with E-state index in [1.165, 1.54) is 4.88 Å². The number of nitrogens with zero attached hydrogens (tertiary/aromatic N) is 5. The lowest BCUT2D eigenvalue weighted by molar-refractivity contribution is -0.121. The van der Waals surface area contributed by atoms with Crippen molar-refractivity contribution >= 4 is 33.3 Å². The van der Waals surface area contributed by atoms with Gasteiger partial charge >= 0.3 is 0 Å². The van der Waals surface area contributed by atoms with Gasteiger partial charge in [-0.05, 0) is 40.2 Å². The molecular weight excluding hydrogens is 360 g/mol. The third kappa shape index (κ3) is 4.10. The topological polar surface area (TPSA) is 75.9 Å². The lowest BCUT2D eigenvalue weighted by atomic mass is 10.1. The quantitative estimate of drug-likeness (QED) is 0.746. The first-order chi connectivity index (χ1) is 12.5. The Morgan fingerprint density at radius 3 is 2.59 bits per heavy atom. The average Bonchev–Trinajstić information content (AvgIpc) is 3.09. The van der Waals surface area contributed by atoms with E-state index < -0.39 is 0 Å². The van der Waals surface area contributed by atoms with Crippen molar-refractivity contribution in [3.8, 4) is 11.5 Å². The second-order valence-electron chi connectivity index (χ2n) is 7.91. The van der Waals surface area contributed by atoms with E-state index in [1.807, 2.05) is 50.5 Å². The molecule has 0 unspecified atom stereocenters. The van der Waals surface area contributed by atoms with Crippen LogP contribution in [0.1, 0.15) is 31.2 Å². The van der Waals surface area contributed by atoms with Gasteiger partial charge in [-0.25, -0.2) is 15.0 Å². The Morgan fingerprint density at radius 1 is 1.30 bits per heavy atom. The third-order valence-electron chi connectivity index (χ3n) is 4.20. The van der Waals surface area contributed by atoms with Crippen LogP contribution in [0.3, 0.4) is 0 Å². The molecule has 3 heterocycles. The summed E-state index contributed by atoms with van der Waals surface area (Å²) in [5, 5.41) is 4.00. The van der Waals surface area contributed by atoms with Crippen LogP contribution in [0.2, 0.25) is 0 Å². The number of thiophene rings is 1. The van der Waals surface area contributed by atoms with Crippen LogP contribution in [0.4, 0.5) is 5.82 Å². The number of anilines is 1. The maximum atomic E-state index is 12.4. The molecule has 0 aliphatic carbocycles. The molecule has 0 saturated heterocycles. The van der Waals surface area contributed by atoms with Crippen molar-refractivity contribution in [1.82, 2.24) is 24.8 Å². The van der Waals surface area contributed by atoms with Crippen molar-refractivity contribution in [3.63, 3.8) is 0 Å².